The van der Waals surface area contributed by atoms with E-state index in [-0.39, 0.29) is 17.7 Å². The molecule has 0 aromatic heterocycles. The fourth-order valence-corrected chi connectivity index (χ4v) is 3.06. The van der Waals surface area contributed by atoms with Gasteiger partial charge >= 0.3 is 5.97 Å². The highest BCUT2D eigenvalue weighted by Crippen LogP contribution is 2.30. The molecule has 1 fully saturated rings. The van der Waals surface area contributed by atoms with Gasteiger partial charge in [0, 0.05) is 6.54 Å². The van der Waals surface area contributed by atoms with E-state index in [9.17, 15) is 14.3 Å². The number of benzene rings is 1. The molecule has 3 atom stereocenters. The van der Waals surface area contributed by atoms with Gasteiger partial charge in [-0.05, 0) is 42.5 Å². The number of nitrogens with zero attached hydrogens (tertiary/aromatic N) is 1. The fourth-order valence-electron chi connectivity index (χ4n) is 3.06. The first kappa shape index (κ1) is 15.0. The van der Waals surface area contributed by atoms with Crippen LogP contribution in [0.1, 0.15) is 38.2 Å². The molecule has 1 aliphatic rings. The lowest BCUT2D eigenvalue weighted by Gasteiger charge is -2.28. The SMILES string of the molecule is CCC(C)C(C(=O)O)N1CCC(c2cccc(F)c2)C1. The minimum Gasteiger partial charge on any atom is -0.480 e. The van der Waals surface area contributed by atoms with Gasteiger partial charge in [0.1, 0.15) is 11.9 Å². The number of halogens is 1. The fraction of sp³-hybridized carbons (Fsp3) is 0.562. The number of carbonyl (C=O) groups is 1. The molecule has 1 aromatic carbocycles. The Hall–Kier alpha value is -1.42. The van der Waals surface area contributed by atoms with E-state index in [1.165, 1.54) is 6.07 Å². The van der Waals surface area contributed by atoms with E-state index in [1.807, 2.05) is 24.8 Å². The molecular weight excluding hydrogens is 257 g/mol. The van der Waals surface area contributed by atoms with Crippen LogP contribution >= 0.6 is 0 Å². The molecule has 0 amide bonds. The summed E-state index contributed by atoms with van der Waals surface area (Å²) in [5, 5.41) is 9.43. The van der Waals surface area contributed by atoms with Crippen molar-refractivity contribution in [1.82, 2.24) is 4.90 Å². The zero-order valence-corrected chi connectivity index (χ0v) is 12.1. The summed E-state index contributed by atoms with van der Waals surface area (Å²) >= 11 is 0. The van der Waals surface area contributed by atoms with Gasteiger partial charge in [-0.25, -0.2) is 4.39 Å². The number of hydrogen-bond acceptors (Lipinski definition) is 2. The molecule has 0 saturated carbocycles. The second-order valence-corrected chi connectivity index (χ2v) is 5.70. The van der Waals surface area contributed by atoms with Crippen LogP contribution in [-0.4, -0.2) is 35.1 Å². The van der Waals surface area contributed by atoms with E-state index >= 15 is 0 Å². The maximum Gasteiger partial charge on any atom is 0.321 e. The molecule has 1 aliphatic heterocycles. The van der Waals surface area contributed by atoms with Crippen LogP contribution in [0, 0.1) is 11.7 Å². The molecule has 1 aromatic rings. The summed E-state index contributed by atoms with van der Waals surface area (Å²) in [5.41, 5.74) is 0.973. The van der Waals surface area contributed by atoms with Gasteiger partial charge in [-0.2, -0.15) is 0 Å². The lowest BCUT2D eigenvalue weighted by atomic mass is 9.97. The summed E-state index contributed by atoms with van der Waals surface area (Å²) in [7, 11) is 0. The number of likely N-dealkylation sites (tertiary alicyclic amines) is 1. The number of carboxylic acids is 1. The number of rotatable bonds is 5. The monoisotopic (exact) mass is 279 g/mol. The Morgan fingerprint density at radius 2 is 2.30 bits per heavy atom. The highest BCUT2D eigenvalue weighted by Gasteiger charge is 2.35. The molecule has 1 saturated heterocycles. The van der Waals surface area contributed by atoms with E-state index in [0.717, 1.165) is 24.9 Å². The van der Waals surface area contributed by atoms with Crippen LogP contribution in [0.25, 0.3) is 0 Å². The first-order valence-corrected chi connectivity index (χ1v) is 7.25. The van der Waals surface area contributed by atoms with Crippen molar-refractivity contribution in [3.05, 3.63) is 35.6 Å². The molecule has 0 radical (unpaired) electrons. The van der Waals surface area contributed by atoms with Crippen molar-refractivity contribution in [2.45, 2.75) is 38.6 Å². The first-order valence-electron chi connectivity index (χ1n) is 7.25. The van der Waals surface area contributed by atoms with Crippen molar-refractivity contribution in [2.24, 2.45) is 5.92 Å². The Balaban J connectivity index is 2.09. The highest BCUT2D eigenvalue weighted by molar-refractivity contribution is 5.74. The van der Waals surface area contributed by atoms with Crippen molar-refractivity contribution < 1.29 is 14.3 Å². The summed E-state index contributed by atoms with van der Waals surface area (Å²) in [6, 6.07) is 6.22. The Labute approximate surface area is 119 Å². The lowest BCUT2D eigenvalue weighted by molar-refractivity contribution is -0.144. The first-order chi connectivity index (χ1) is 9.52. The van der Waals surface area contributed by atoms with Gasteiger partial charge in [-0.15, -0.1) is 0 Å². The minimum absolute atomic E-state index is 0.124. The van der Waals surface area contributed by atoms with Gasteiger partial charge in [-0.3, -0.25) is 9.69 Å². The summed E-state index contributed by atoms with van der Waals surface area (Å²) < 4.78 is 13.3. The Morgan fingerprint density at radius 3 is 2.90 bits per heavy atom. The summed E-state index contributed by atoms with van der Waals surface area (Å²) in [6.45, 7) is 5.46. The number of aliphatic carboxylic acids is 1. The largest absolute Gasteiger partial charge is 0.480 e. The topological polar surface area (TPSA) is 40.5 Å². The van der Waals surface area contributed by atoms with Gasteiger partial charge < -0.3 is 5.11 Å². The molecule has 4 heteroatoms. The number of carboxylic acid groups (broad SMARTS) is 1. The predicted octanol–water partition coefficient (Wildman–Crippen LogP) is 3.11. The lowest BCUT2D eigenvalue weighted by Crippen LogP contribution is -2.44. The Bertz CT molecular complexity index is 477. The molecule has 110 valence electrons. The molecule has 0 aliphatic carbocycles. The van der Waals surface area contributed by atoms with Crippen molar-refractivity contribution in [1.29, 1.82) is 0 Å². The van der Waals surface area contributed by atoms with Gasteiger partial charge in [0.2, 0.25) is 0 Å². The van der Waals surface area contributed by atoms with Gasteiger partial charge in [-0.1, -0.05) is 32.4 Å². The van der Waals surface area contributed by atoms with Crippen molar-refractivity contribution >= 4 is 5.97 Å². The van der Waals surface area contributed by atoms with Gasteiger partial charge in [0.25, 0.3) is 0 Å². The van der Waals surface area contributed by atoms with Gasteiger partial charge in [0.05, 0.1) is 0 Å². The molecule has 3 unspecified atom stereocenters. The Kier molecular flexibility index (Phi) is 4.76. The van der Waals surface area contributed by atoms with Gasteiger partial charge in [0.15, 0.2) is 0 Å². The molecule has 1 N–H and O–H groups in total. The average Bonchev–Trinajstić information content (AvgIpc) is 2.87. The Morgan fingerprint density at radius 1 is 1.55 bits per heavy atom. The van der Waals surface area contributed by atoms with E-state index < -0.39 is 12.0 Å². The van der Waals surface area contributed by atoms with Crippen molar-refractivity contribution in [2.75, 3.05) is 13.1 Å². The van der Waals surface area contributed by atoms with Crippen LogP contribution in [0.4, 0.5) is 4.39 Å². The maximum atomic E-state index is 13.3. The van der Waals surface area contributed by atoms with E-state index in [4.69, 9.17) is 0 Å². The average molecular weight is 279 g/mol. The minimum atomic E-state index is -0.751. The zero-order valence-electron chi connectivity index (χ0n) is 12.1. The highest BCUT2D eigenvalue weighted by atomic mass is 19.1. The maximum absolute atomic E-state index is 13.3. The molecule has 20 heavy (non-hydrogen) atoms. The van der Waals surface area contributed by atoms with Crippen LogP contribution in [0.3, 0.4) is 0 Å². The second kappa shape index (κ2) is 6.35. The molecule has 1 heterocycles. The third kappa shape index (κ3) is 3.18. The second-order valence-electron chi connectivity index (χ2n) is 5.70. The normalized spacial score (nSPS) is 22.6. The molecule has 0 spiro atoms. The third-order valence-corrected chi connectivity index (χ3v) is 4.37. The van der Waals surface area contributed by atoms with Crippen LogP contribution in [0.15, 0.2) is 24.3 Å². The van der Waals surface area contributed by atoms with Crippen molar-refractivity contribution in [3.8, 4) is 0 Å². The third-order valence-electron chi connectivity index (χ3n) is 4.37. The molecule has 3 nitrogen and oxygen atoms in total. The molecular formula is C16H22FNO2. The number of hydrogen-bond donors (Lipinski definition) is 1. The van der Waals surface area contributed by atoms with Crippen LogP contribution in [-0.2, 0) is 4.79 Å². The van der Waals surface area contributed by atoms with Crippen LogP contribution in [0.2, 0.25) is 0 Å². The summed E-state index contributed by atoms with van der Waals surface area (Å²) in [4.78, 5) is 13.5. The predicted molar refractivity (Wildman–Crippen MR) is 76.2 cm³/mol. The zero-order chi connectivity index (χ0) is 14.7. The van der Waals surface area contributed by atoms with E-state index in [2.05, 4.69) is 0 Å². The van der Waals surface area contributed by atoms with E-state index in [0.29, 0.717) is 6.54 Å². The summed E-state index contributed by atoms with van der Waals surface area (Å²) in [5.74, 6) is -0.618. The van der Waals surface area contributed by atoms with E-state index in [1.54, 1.807) is 12.1 Å². The standard InChI is InChI=1S/C16H22FNO2/c1-3-11(2)15(16(19)20)18-8-7-13(10-18)12-5-4-6-14(17)9-12/h4-6,9,11,13,15H,3,7-8,10H2,1-2H3,(H,19,20). The smallest absolute Gasteiger partial charge is 0.321 e. The van der Waals surface area contributed by atoms with Crippen molar-refractivity contribution in [3.63, 3.8) is 0 Å². The molecule has 2 rings (SSSR count). The quantitative estimate of drug-likeness (QED) is 0.900. The molecule has 0 bridgehead atoms. The van der Waals surface area contributed by atoms with Crippen LogP contribution in [0.5, 0.6) is 0 Å². The summed E-state index contributed by atoms with van der Waals surface area (Å²) in [6.07, 6.45) is 1.74. The van der Waals surface area contributed by atoms with Crippen LogP contribution < -0.4 is 0 Å².